The number of aromatic nitrogens is 2. The van der Waals surface area contributed by atoms with Gasteiger partial charge in [-0.15, -0.1) is 0 Å². The van der Waals surface area contributed by atoms with Crippen molar-refractivity contribution in [1.29, 1.82) is 0 Å². The van der Waals surface area contributed by atoms with Crippen LogP contribution < -0.4 is 15.6 Å². The molecule has 1 N–H and O–H groups in total. The average molecular weight is 279 g/mol. The van der Waals surface area contributed by atoms with Crippen molar-refractivity contribution in [2.75, 3.05) is 12.4 Å². The van der Waals surface area contributed by atoms with Crippen molar-refractivity contribution < 1.29 is 4.74 Å². The SMILES string of the molecule is COc1ccc2c(c1)c(=O)nc1n2Cc2ccccc2N1. The first-order chi connectivity index (χ1) is 10.3. The van der Waals surface area contributed by atoms with E-state index in [2.05, 4.69) is 16.4 Å². The Hall–Kier alpha value is -2.82. The molecule has 2 heterocycles. The molecular weight excluding hydrogens is 266 g/mol. The van der Waals surface area contributed by atoms with Crippen LogP contribution in [0.1, 0.15) is 5.56 Å². The van der Waals surface area contributed by atoms with Crippen LogP contribution in [0.2, 0.25) is 0 Å². The summed E-state index contributed by atoms with van der Waals surface area (Å²) < 4.78 is 7.20. The van der Waals surface area contributed by atoms with Gasteiger partial charge in [0.2, 0.25) is 5.95 Å². The second kappa shape index (κ2) is 4.34. The number of para-hydroxylation sites is 1. The minimum absolute atomic E-state index is 0.248. The predicted octanol–water partition coefficient (Wildman–Crippen LogP) is 2.51. The Morgan fingerprint density at radius 1 is 1.24 bits per heavy atom. The molecule has 0 saturated heterocycles. The number of anilines is 2. The summed E-state index contributed by atoms with van der Waals surface area (Å²) in [6.45, 7) is 0.689. The monoisotopic (exact) mass is 279 g/mol. The van der Waals surface area contributed by atoms with Gasteiger partial charge in [-0.3, -0.25) is 4.79 Å². The molecule has 5 nitrogen and oxygen atoms in total. The Balaban J connectivity index is 1.98. The molecule has 2 aromatic carbocycles. The molecule has 0 aliphatic carbocycles. The molecule has 0 amide bonds. The second-order valence-corrected chi connectivity index (χ2v) is 4.99. The van der Waals surface area contributed by atoms with E-state index < -0.39 is 0 Å². The van der Waals surface area contributed by atoms with Crippen molar-refractivity contribution in [1.82, 2.24) is 9.55 Å². The zero-order chi connectivity index (χ0) is 14.4. The lowest BCUT2D eigenvalue weighted by Gasteiger charge is -2.24. The Morgan fingerprint density at radius 2 is 2.10 bits per heavy atom. The molecular formula is C16H13N3O2. The van der Waals surface area contributed by atoms with Gasteiger partial charge >= 0.3 is 0 Å². The van der Waals surface area contributed by atoms with Crippen molar-refractivity contribution in [2.45, 2.75) is 6.54 Å². The first-order valence-electron chi connectivity index (χ1n) is 6.70. The molecule has 0 saturated carbocycles. The summed E-state index contributed by atoms with van der Waals surface area (Å²) in [6, 6.07) is 13.5. The van der Waals surface area contributed by atoms with Gasteiger partial charge in [0.1, 0.15) is 5.75 Å². The van der Waals surface area contributed by atoms with Gasteiger partial charge in [-0.1, -0.05) is 18.2 Å². The highest BCUT2D eigenvalue weighted by Gasteiger charge is 2.18. The van der Waals surface area contributed by atoms with Crippen LogP contribution in [0, 0.1) is 0 Å². The maximum Gasteiger partial charge on any atom is 0.282 e. The van der Waals surface area contributed by atoms with Crippen LogP contribution in [-0.4, -0.2) is 16.7 Å². The Labute approximate surface area is 120 Å². The molecule has 1 aliphatic rings. The molecule has 0 spiro atoms. The molecule has 1 aliphatic heterocycles. The average Bonchev–Trinajstić information content (AvgIpc) is 2.53. The summed E-state index contributed by atoms with van der Waals surface area (Å²) in [6.07, 6.45) is 0. The van der Waals surface area contributed by atoms with Crippen LogP contribution >= 0.6 is 0 Å². The summed E-state index contributed by atoms with van der Waals surface area (Å²) >= 11 is 0. The highest BCUT2D eigenvalue weighted by atomic mass is 16.5. The third-order valence-corrected chi connectivity index (χ3v) is 3.78. The summed E-state index contributed by atoms with van der Waals surface area (Å²) in [5.74, 6) is 1.24. The zero-order valence-corrected chi connectivity index (χ0v) is 11.5. The predicted molar refractivity (Wildman–Crippen MR) is 81.4 cm³/mol. The topological polar surface area (TPSA) is 56.1 Å². The first kappa shape index (κ1) is 12.0. The molecule has 1 aromatic heterocycles. The molecule has 0 unspecified atom stereocenters. The van der Waals surface area contributed by atoms with E-state index in [1.165, 1.54) is 5.56 Å². The normalized spacial score (nSPS) is 12.4. The molecule has 21 heavy (non-hydrogen) atoms. The minimum Gasteiger partial charge on any atom is -0.497 e. The van der Waals surface area contributed by atoms with E-state index in [0.717, 1.165) is 11.2 Å². The number of rotatable bonds is 1. The van der Waals surface area contributed by atoms with Crippen molar-refractivity contribution in [3.63, 3.8) is 0 Å². The van der Waals surface area contributed by atoms with Crippen molar-refractivity contribution in [3.8, 4) is 5.75 Å². The number of nitrogens with one attached hydrogen (secondary N) is 1. The van der Waals surface area contributed by atoms with Crippen LogP contribution in [0.5, 0.6) is 5.75 Å². The molecule has 4 rings (SSSR count). The van der Waals surface area contributed by atoms with Crippen LogP contribution in [0.3, 0.4) is 0 Å². The lowest BCUT2D eigenvalue weighted by Crippen LogP contribution is -2.22. The van der Waals surface area contributed by atoms with E-state index in [0.29, 0.717) is 23.6 Å². The zero-order valence-electron chi connectivity index (χ0n) is 11.5. The van der Waals surface area contributed by atoms with Gasteiger partial charge in [0, 0.05) is 5.69 Å². The maximum atomic E-state index is 12.2. The van der Waals surface area contributed by atoms with E-state index in [9.17, 15) is 4.79 Å². The van der Waals surface area contributed by atoms with Gasteiger partial charge < -0.3 is 14.6 Å². The van der Waals surface area contributed by atoms with Gasteiger partial charge in [-0.05, 0) is 29.8 Å². The molecule has 0 atom stereocenters. The van der Waals surface area contributed by atoms with Gasteiger partial charge in [0.15, 0.2) is 0 Å². The number of nitrogens with zero attached hydrogens (tertiary/aromatic N) is 2. The fourth-order valence-corrected chi connectivity index (χ4v) is 2.71. The summed E-state index contributed by atoms with van der Waals surface area (Å²) in [5, 5.41) is 3.79. The number of hydrogen-bond acceptors (Lipinski definition) is 4. The molecule has 0 fully saturated rings. The molecule has 5 heteroatoms. The lowest BCUT2D eigenvalue weighted by molar-refractivity contribution is 0.415. The lowest BCUT2D eigenvalue weighted by atomic mass is 10.1. The second-order valence-electron chi connectivity index (χ2n) is 4.99. The number of fused-ring (bicyclic) bond motifs is 4. The highest BCUT2D eigenvalue weighted by molar-refractivity contribution is 5.82. The van der Waals surface area contributed by atoms with Crippen molar-refractivity contribution >= 4 is 22.5 Å². The van der Waals surface area contributed by atoms with Crippen LogP contribution in [0.4, 0.5) is 11.6 Å². The summed E-state index contributed by atoms with van der Waals surface area (Å²) in [5.41, 5.74) is 2.78. The Bertz CT molecular complexity index is 915. The fourth-order valence-electron chi connectivity index (χ4n) is 2.71. The molecule has 104 valence electrons. The van der Waals surface area contributed by atoms with Gasteiger partial charge in [0.05, 0.1) is 24.6 Å². The fraction of sp³-hybridized carbons (Fsp3) is 0.125. The smallest absolute Gasteiger partial charge is 0.282 e. The quantitative estimate of drug-likeness (QED) is 0.581. The van der Waals surface area contributed by atoms with Gasteiger partial charge in [-0.25, -0.2) is 0 Å². The largest absolute Gasteiger partial charge is 0.497 e. The van der Waals surface area contributed by atoms with Crippen LogP contribution in [0.25, 0.3) is 10.9 Å². The minimum atomic E-state index is -0.248. The molecule has 0 radical (unpaired) electrons. The maximum absolute atomic E-state index is 12.2. The first-order valence-corrected chi connectivity index (χ1v) is 6.70. The molecule has 0 bridgehead atoms. The van der Waals surface area contributed by atoms with Crippen molar-refractivity contribution in [3.05, 3.63) is 58.4 Å². The Morgan fingerprint density at radius 3 is 2.95 bits per heavy atom. The molecule has 3 aromatic rings. The highest BCUT2D eigenvalue weighted by Crippen LogP contribution is 2.29. The van der Waals surface area contributed by atoms with Crippen molar-refractivity contribution in [2.24, 2.45) is 0 Å². The Kier molecular flexibility index (Phi) is 2.47. The number of ether oxygens (including phenoxy) is 1. The van der Waals surface area contributed by atoms with Crippen LogP contribution in [-0.2, 0) is 6.54 Å². The number of benzene rings is 2. The standard InChI is InChI=1S/C16H13N3O2/c1-21-11-6-7-14-12(8-11)15(20)18-16-17-13-5-3-2-4-10(13)9-19(14)16/h2-8H,9H2,1H3,(H,17,18,20). The van der Waals surface area contributed by atoms with Gasteiger partial charge in [-0.2, -0.15) is 4.98 Å². The van der Waals surface area contributed by atoms with E-state index in [1.807, 2.05) is 34.9 Å². The van der Waals surface area contributed by atoms with Gasteiger partial charge in [0.25, 0.3) is 5.56 Å². The van der Waals surface area contributed by atoms with E-state index in [4.69, 9.17) is 4.74 Å². The third-order valence-electron chi connectivity index (χ3n) is 3.78. The third kappa shape index (κ3) is 1.78. The number of methoxy groups -OCH3 is 1. The van der Waals surface area contributed by atoms with E-state index in [-0.39, 0.29) is 5.56 Å². The number of hydrogen-bond donors (Lipinski definition) is 1. The summed E-state index contributed by atoms with van der Waals surface area (Å²) in [4.78, 5) is 16.4. The van der Waals surface area contributed by atoms with Crippen LogP contribution in [0.15, 0.2) is 47.3 Å². The van der Waals surface area contributed by atoms with E-state index >= 15 is 0 Å². The van der Waals surface area contributed by atoms with E-state index in [1.54, 1.807) is 13.2 Å². The summed E-state index contributed by atoms with van der Waals surface area (Å²) in [7, 11) is 1.59.